The number of rotatable bonds is 5. The molecule has 0 unspecified atom stereocenters. The lowest BCUT2D eigenvalue weighted by Crippen LogP contribution is -2.52. The third-order valence-corrected chi connectivity index (χ3v) is 4.03. The number of para-hydroxylation sites is 2. The van der Waals surface area contributed by atoms with Gasteiger partial charge in [-0.25, -0.2) is 0 Å². The minimum absolute atomic E-state index is 0.946. The molecule has 1 aromatic rings. The van der Waals surface area contributed by atoms with E-state index < -0.39 is 0 Å². The van der Waals surface area contributed by atoms with Gasteiger partial charge in [0.15, 0.2) is 5.96 Å². The molecule has 0 saturated carbocycles. The van der Waals surface area contributed by atoms with Gasteiger partial charge in [-0.2, -0.15) is 0 Å². The second kappa shape index (κ2) is 8.51. The molecule has 5 nitrogen and oxygen atoms in total. The molecular formula is C17H28N4O. The van der Waals surface area contributed by atoms with Crippen molar-refractivity contribution in [1.29, 1.82) is 0 Å². The summed E-state index contributed by atoms with van der Waals surface area (Å²) in [6, 6.07) is 8.23. The molecular weight excluding hydrogens is 276 g/mol. The van der Waals surface area contributed by atoms with E-state index in [4.69, 9.17) is 4.74 Å². The van der Waals surface area contributed by atoms with E-state index in [1.165, 1.54) is 18.5 Å². The first-order valence-electron chi connectivity index (χ1n) is 8.13. The minimum atomic E-state index is 0.946. The summed E-state index contributed by atoms with van der Waals surface area (Å²) in [5.74, 6) is 1.97. The summed E-state index contributed by atoms with van der Waals surface area (Å²) in [6.07, 6.45) is 2.38. The van der Waals surface area contributed by atoms with E-state index >= 15 is 0 Å². The molecule has 1 aromatic carbocycles. The zero-order valence-corrected chi connectivity index (χ0v) is 14.0. The Morgan fingerprint density at radius 1 is 1.23 bits per heavy atom. The summed E-state index contributed by atoms with van der Waals surface area (Å²) in [4.78, 5) is 9.12. The highest BCUT2D eigenvalue weighted by Crippen LogP contribution is 2.28. The van der Waals surface area contributed by atoms with Gasteiger partial charge in [0.05, 0.1) is 12.8 Å². The molecule has 1 aliphatic heterocycles. The first-order valence-corrected chi connectivity index (χ1v) is 8.13. The van der Waals surface area contributed by atoms with E-state index in [-0.39, 0.29) is 0 Å². The lowest BCUT2D eigenvalue weighted by Gasteiger charge is -2.38. The number of ether oxygens (including phenoxy) is 1. The number of guanidine groups is 1. The van der Waals surface area contributed by atoms with E-state index in [2.05, 4.69) is 39.2 Å². The van der Waals surface area contributed by atoms with Gasteiger partial charge >= 0.3 is 0 Å². The average Bonchev–Trinajstić information content (AvgIpc) is 2.59. The van der Waals surface area contributed by atoms with Gasteiger partial charge in [-0.1, -0.05) is 25.5 Å². The molecule has 2 rings (SSSR count). The molecule has 1 N–H and O–H groups in total. The van der Waals surface area contributed by atoms with E-state index in [0.29, 0.717) is 0 Å². The quantitative estimate of drug-likeness (QED) is 0.514. The maximum absolute atomic E-state index is 5.47. The summed E-state index contributed by atoms with van der Waals surface area (Å²) in [5.41, 5.74) is 1.18. The molecule has 0 aliphatic carbocycles. The number of hydrogen-bond acceptors (Lipinski definition) is 3. The third-order valence-electron chi connectivity index (χ3n) is 4.03. The highest BCUT2D eigenvalue weighted by Gasteiger charge is 2.21. The van der Waals surface area contributed by atoms with Crippen molar-refractivity contribution in [3.63, 3.8) is 0 Å². The van der Waals surface area contributed by atoms with Crippen molar-refractivity contribution in [3.05, 3.63) is 24.3 Å². The van der Waals surface area contributed by atoms with Crippen LogP contribution in [-0.2, 0) is 0 Å². The Bertz CT molecular complexity index is 481. The molecule has 22 heavy (non-hydrogen) atoms. The molecule has 0 aromatic heterocycles. The Labute approximate surface area is 134 Å². The average molecular weight is 304 g/mol. The molecule has 0 atom stereocenters. The Hall–Kier alpha value is -1.91. The standard InChI is InChI=1S/C17H28N4O/c1-4-5-10-19-17(18-2)21-13-11-20(12-14-21)15-8-6-7-9-16(15)22-3/h6-9H,4-5,10-14H2,1-3H3,(H,18,19). The van der Waals surface area contributed by atoms with E-state index in [0.717, 1.165) is 44.4 Å². The number of anilines is 1. The molecule has 5 heteroatoms. The van der Waals surface area contributed by atoms with Crippen LogP contribution in [0.15, 0.2) is 29.3 Å². The predicted octanol–water partition coefficient (Wildman–Crippen LogP) is 2.19. The van der Waals surface area contributed by atoms with Crippen molar-refractivity contribution >= 4 is 11.6 Å². The van der Waals surface area contributed by atoms with Crippen molar-refractivity contribution in [1.82, 2.24) is 10.2 Å². The second-order valence-corrected chi connectivity index (χ2v) is 5.47. The fourth-order valence-corrected chi connectivity index (χ4v) is 2.76. The third kappa shape index (κ3) is 4.06. The first-order chi connectivity index (χ1) is 10.8. The van der Waals surface area contributed by atoms with Gasteiger partial charge < -0.3 is 19.9 Å². The largest absolute Gasteiger partial charge is 0.495 e. The fourth-order valence-electron chi connectivity index (χ4n) is 2.76. The van der Waals surface area contributed by atoms with Gasteiger partial charge in [0.1, 0.15) is 5.75 Å². The number of benzene rings is 1. The van der Waals surface area contributed by atoms with Gasteiger partial charge in [-0.15, -0.1) is 0 Å². The maximum Gasteiger partial charge on any atom is 0.193 e. The van der Waals surface area contributed by atoms with Crippen molar-refractivity contribution < 1.29 is 4.74 Å². The highest BCUT2D eigenvalue weighted by atomic mass is 16.5. The van der Waals surface area contributed by atoms with Gasteiger partial charge in [-0.3, -0.25) is 4.99 Å². The van der Waals surface area contributed by atoms with Crippen LogP contribution in [0.25, 0.3) is 0 Å². The Morgan fingerprint density at radius 2 is 1.95 bits per heavy atom. The first kappa shape index (κ1) is 16.5. The zero-order chi connectivity index (χ0) is 15.8. The lowest BCUT2D eigenvalue weighted by molar-refractivity contribution is 0.367. The van der Waals surface area contributed by atoms with Crippen LogP contribution in [0.3, 0.4) is 0 Å². The maximum atomic E-state index is 5.47. The second-order valence-electron chi connectivity index (χ2n) is 5.47. The van der Waals surface area contributed by atoms with E-state index in [9.17, 15) is 0 Å². The minimum Gasteiger partial charge on any atom is -0.495 e. The van der Waals surface area contributed by atoms with Crippen LogP contribution in [0.4, 0.5) is 5.69 Å². The molecule has 1 heterocycles. The van der Waals surface area contributed by atoms with Crippen LogP contribution in [0.5, 0.6) is 5.75 Å². The van der Waals surface area contributed by atoms with Crippen LogP contribution in [0, 0.1) is 0 Å². The summed E-state index contributed by atoms with van der Waals surface area (Å²) in [6.45, 7) is 7.11. The van der Waals surface area contributed by atoms with Crippen LogP contribution in [0.1, 0.15) is 19.8 Å². The summed E-state index contributed by atoms with van der Waals surface area (Å²) in [5, 5.41) is 3.45. The van der Waals surface area contributed by atoms with Gasteiger partial charge in [0, 0.05) is 39.8 Å². The molecule has 1 fully saturated rings. The topological polar surface area (TPSA) is 40.1 Å². The summed E-state index contributed by atoms with van der Waals surface area (Å²) in [7, 11) is 3.59. The predicted molar refractivity (Wildman–Crippen MR) is 93.0 cm³/mol. The monoisotopic (exact) mass is 304 g/mol. The van der Waals surface area contributed by atoms with Crippen molar-refractivity contribution in [2.45, 2.75) is 19.8 Å². The van der Waals surface area contributed by atoms with Crippen LogP contribution < -0.4 is 15.0 Å². The molecule has 1 aliphatic rings. The summed E-state index contributed by atoms with van der Waals surface area (Å²) < 4.78 is 5.47. The molecule has 1 saturated heterocycles. The number of nitrogens with one attached hydrogen (secondary N) is 1. The van der Waals surface area contributed by atoms with Gasteiger partial charge in [0.25, 0.3) is 0 Å². The van der Waals surface area contributed by atoms with Crippen LogP contribution in [0.2, 0.25) is 0 Å². The van der Waals surface area contributed by atoms with Crippen molar-refractivity contribution in [3.8, 4) is 5.75 Å². The Balaban J connectivity index is 1.92. The number of aliphatic imine (C=N–C) groups is 1. The molecule has 0 radical (unpaired) electrons. The molecule has 0 spiro atoms. The highest BCUT2D eigenvalue weighted by molar-refractivity contribution is 5.80. The number of nitrogens with zero attached hydrogens (tertiary/aromatic N) is 3. The van der Waals surface area contributed by atoms with E-state index in [1.807, 2.05) is 19.2 Å². The lowest BCUT2D eigenvalue weighted by atomic mass is 10.2. The molecule has 0 amide bonds. The molecule has 122 valence electrons. The van der Waals surface area contributed by atoms with E-state index in [1.54, 1.807) is 7.11 Å². The normalized spacial score (nSPS) is 15.9. The smallest absolute Gasteiger partial charge is 0.193 e. The van der Waals surface area contributed by atoms with Gasteiger partial charge in [-0.05, 0) is 18.6 Å². The SMILES string of the molecule is CCCCNC(=NC)N1CCN(c2ccccc2OC)CC1. The number of unbranched alkanes of at least 4 members (excludes halogenated alkanes) is 1. The Kier molecular flexibility index (Phi) is 6.37. The van der Waals surface area contributed by atoms with Crippen molar-refractivity contribution in [2.24, 2.45) is 4.99 Å². The number of methoxy groups -OCH3 is 1. The van der Waals surface area contributed by atoms with Gasteiger partial charge in [0.2, 0.25) is 0 Å². The zero-order valence-electron chi connectivity index (χ0n) is 14.0. The number of hydrogen-bond donors (Lipinski definition) is 1. The van der Waals surface area contributed by atoms with Crippen LogP contribution >= 0.6 is 0 Å². The van der Waals surface area contributed by atoms with Crippen molar-refractivity contribution in [2.75, 3.05) is 51.8 Å². The fraction of sp³-hybridized carbons (Fsp3) is 0.588. The number of piperazine rings is 1. The Morgan fingerprint density at radius 3 is 2.59 bits per heavy atom. The summed E-state index contributed by atoms with van der Waals surface area (Å²) >= 11 is 0. The van der Waals surface area contributed by atoms with Crippen LogP contribution in [-0.4, -0.2) is 57.7 Å². The molecule has 0 bridgehead atoms.